The highest BCUT2D eigenvalue weighted by molar-refractivity contribution is 5.72. The summed E-state index contributed by atoms with van der Waals surface area (Å²) in [6, 6.07) is 24.0. The van der Waals surface area contributed by atoms with Gasteiger partial charge in [0.15, 0.2) is 11.5 Å². The predicted molar refractivity (Wildman–Crippen MR) is 145 cm³/mol. The topological polar surface area (TPSA) is 98.2 Å². The first kappa shape index (κ1) is 25.8. The number of carboxylic acids is 1. The van der Waals surface area contributed by atoms with E-state index in [1.165, 1.54) is 7.11 Å². The molecule has 0 bridgehead atoms. The molecule has 3 aromatic carbocycles. The molecular formula is C31H28N2O6. The summed E-state index contributed by atoms with van der Waals surface area (Å²) in [7, 11) is 1.52. The highest BCUT2D eigenvalue weighted by atomic mass is 16.6. The molecule has 198 valence electrons. The number of carbonyl (C=O) groups excluding carboxylic acids is 1. The Balaban J connectivity index is 1.51. The van der Waals surface area contributed by atoms with Gasteiger partial charge in [-0.3, -0.25) is 14.7 Å². The summed E-state index contributed by atoms with van der Waals surface area (Å²) in [4.78, 5) is 30.2. The van der Waals surface area contributed by atoms with Crippen LogP contribution in [-0.4, -0.2) is 40.2 Å². The number of rotatable bonds is 9. The quantitative estimate of drug-likeness (QED) is 0.276. The summed E-state index contributed by atoms with van der Waals surface area (Å²) in [5, 5.41) is 9.24. The van der Waals surface area contributed by atoms with E-state index in [1.807, 2.05) is 67.6 Å². The van der Waals surface area contributed by atoms with Gasteiger partial charge >= 0.3 is 12.1 Å². The molecule has 0 aliphatic carbocycles. The van der Waals surface area contributed by atoms with Crippen molar-refractivity contribution >= 4 is 12.1 Å². The fourth-order valence-corrected chi connectivity index (χ4v) is 4.71. The van der Waals surface area contributed by atoms with E-state index in [1.54, 1.807) is 35.5 Å². The van der Waals surface area contributed by atoms with Crippen LogP contribution in [0.3, 0.4) is 0 Å². The second-order valence-corrected chi connectivity index (χ2v) is 9.31. The third-order valence-corrected chi connectivity index (χ3v) is 6.72. The number of nitrogens with zero attached hydrogens (tertiary/aromatic N) is 2. The van der Waals surface area contributed by atoms with Crippen LogP contribution >= 0.6 is 0 Å². The summed E-state index contributed by atoms with van der Waals surface area (Å²) in [6.07, 6.45) is 2.54. The van der Waals surface area contributed by atoms with Crippen molar-refractivity contribution < 1.29 is 28.9 Å². The van der Waals surface area contributed by atoms with Gasteiger partial charge in [0.1, 0.15) is 11.9 Å². The fraction of sp³-hybridized carbons (Fsp3) is 0.194. The lowest BCUT2D eigenvalue weighted by Crippen LogP contribution is -2.31. The van der Waals surface area contributed by atoms with Crippen molar-refractivity contribution in [2.45, 2.75) is 32.0 Å². The SMILES string of the molecule is COc1ccc(CC(=O)O)cc1Oc1ccc(-c2cccnc2)cc1CN1C(=O)OC(c2ccccc2)C1C. The van der Waals surface area contributed by atoms with Crippen LogP contribution in [0.15, 0.2) is 91.3 Å². The van der Waals surface area contributed by atoms with Gasteiger partial charge in [-0.25, -0.2) is 4.79 Å². The Morgan fingerprint density at radius 1 is 0.974 bits per heavy atom. The molecule has 5 rings (SSSR count). The van der Waals surface area contributed by atoms with Crippen LogP contribution in [0.5, 0.6) is 17.2 Å². The standard InChI is InChI=1S/C31H28N2O6/c1-20-30(22-7-4-3-5-8-22)39-31(36)33(20)19-25-17-23(24-9-6-14-32-18-24)11-13-26(25)38-28-15-21(16-29(34)35)10-12-27(28)37-2/h3-15,17-18,20,30H,16,19H2,1-2H3,(H,34,35). The molecule has 2 unspecified atom stereocenters. The van der Waals surface area contributed by atoms with E-state index >= 15 is 0 Å². The highest BCUT2D eigenvalue weighted by Gasteiger charge is 2.40. The normalized spacial score (nSPS) is 16.6. The first-order chi connectivity index (χ1) is 18.9. The van der Waals surface area contributed by atoms with E-state index < -0.39 is 18.2 Å². The minimum atomic E-state index is -0.942. The van der Waals surface area contributed by atoms with Gasteiger partial charge in [-0.2, -0.15) is 0 Å². The van der Waals surface area contributed by atoms with Gasteiger partial charge in [0.2, 0.25) is 0 Å². The first-order valence-electron chi connectivity index (χ1n) is 12.5. The van der Waals surface area contributed by atoms with E-state index in [9.17, 15) is 14.7 Å². The summed E-state index contributed by atoms with van der Waals surface area (Å²) in [5.74, 6) is 0.411. The Bertz CT molecular complexity index is 1480. The Kier molecular flexibility index (Phi) is 7.45. The maximum absolute atomic E-state index is 13.0. The molecule has 4 aromatic rings. The smallest absolute Gasteiger partial charge is 0.411 e. The number of carboxylic acid groups (broad SMARTS) is 1. The van der Waals surface area contributed by atoms with Crippen molar-refractivity contribution in [2.24, 2.45) is 0 Å². The van der Waals surface area contributed by atoms with Crippen LogP contribution in [0.2, 0.25) is 0 Å². The number of aliphatic carboxylic acids is 1. The number of carbonyl (C=O) groups is 2. The average Bonchev–Trinajstić information content (AvgIpc) is 3.23. The molecule has 8 nitrogen and oxygen atoms in total. The summed E-state index contributed by atoms with van der Waals surface area (Å²) < 4.78 is 17.6. The van der Waals surface area contributed by atoms with Crippen LogP contribution in [0.4, 0.5) is 4.79 Å². The van der Waals surface area contributed by atoms with E-state index in [-0.39, 0.29) is 19.0 Å². The lowest BCUT2D eigenvalue weighted by Gasteiger charge is -2.23. The molecule has 39 heavy (non-hydrogen) atoms. The zero-order chi connectivity index (χ0) is 27.4. The molecule has 1 aromatic heterocycles. The molecule has 1 amide bonds. The van der Waals surface area contributed by atoms with E-state index in [0.29, 0.717) is 22.8 Å². The van der Waals surface area contributed by atoms with E-state index in [0.717, 1.165) is 22.3 Å². The Morgan fingerprint density at radius 3 is 2.49 bits per heavy atom. The summed E-state index contributed by atoms with van der Waals surface area (Å²) >= 11 is 0. The Labute approximate surface area is 226 Å². The zero-order valence-corrected chi connectivity index (χ0v) is 21.6. The molecule has 1 saturated heterocycles. The zero-order valence-electron chi connectivity index (χ0n) is 21.6. The van der Waals surface area contributed by atoms with Gasteiger partial charge in [0.25, 0.3) is 0 Å². The maximum Gasteiger partial charge on any atom is 0.411 e. The number of hydrogen-bond donors (Lipinski definition) is 1. The largest absolute Gasteiger partial charge is 0.493 e. The second-order valence-electron chi connectivity index (χ2n) is 9.31. The molecule has 0 saturated carbocycles. The third kappa shape index (κ3) is 5.70. The first-order valence-corrected chi connectivity index (χ1v) is 12.5. The van der Waals surface area contributed by atoms with Crippen molar-refractivity contribution in [3.8, 4) is 28.4 Å². The van der Waals surface area contributed by atoms with Crippen LogP contribution < -0.4 is 9.47 Å². The molecular weight excluding hydrogens is 496 g/mol. The van der Waals surface area contributed by atoms with Gasteiger partial charge in [-0.1, -0.05) is 48.5 Å². The fourth-order valence-electron chi connectivity index (χ4n) is 4.71. The van der Waals surface area contributed by atoms with Crippen LogP contribution in [0, 0.1) is 0 Å². The lowest BCUT2D eigenvalue weighted by molar-refractivity contribution is -0.136. The number of amides is 1. The molecule has 1 aliphatic rings. The molecule has 1 fully saturated rings. The van der Waals surface area contributed by atoms with Crippen molar-refractivity contribution in [3.63, 3.8) is 0 Å². The van der Waals surface area contributed by atoms with Crippen LogP contribution in [0.25, 0.3) is 11.1 Å². The van der Waals surface area contributed by atoms with Crippen molar-refractivity contribution in [1.82, 2.24) is 9.88 Å². The van der Waals surface area contributed by atoms with E-state index in [2.05, 4.69) is 4.98 Å². The molecule has 2 atom stereocenters. The molecule has 1 aliphatic heterocycles. The van der Waals surface area contributed by atoms with Gasteiger partial charge < -0.3 is 19.3 Å². The van der Waals surface area contributed by atoms with Gasteiger partial charge in [0, 0.05) is 23.5 Å². The van der Waals surface area contributed by atoms with Crippen LogP contribution in [-0.2, 0) is 22.5 Å². The number of methoxy groups -OCH3 is 1. The summed E-state index contributed by atoms with van der Waals surface area (Å²) in [5.41, 5.74) is 4.10. The van der Waals surface area contributed by atoms with E-state index in [4.69, 9.17) is 14.2 Å². The summed E-state index contributed by atoms with van der Waals surface area (Å²) in [6.45, 7) is 2.20. The number of ether oxygens (including phenoxy) is 3. The van der Waals surface area contributed by atoms with Gasteiger partial charge in [-0.05, 0) is 53.9 Å². The van der Waals surface area contributed by atoms with Crippen molar-refractivity contribution in [1.29, 1.82) is 0 Å². The highest BCUT2D eigenvalue weighted by Crippen LogP contribution is 2.39. The van der Waals surface area contributed by atoms with Crippen molar-refractivity contribution in [3.05, 3.63) is 108 Å². The second kappa shape index (κ2) is 11.3. The predicted octanol–water partition coefficient (Wildman–Crippen LogP) is 6.26. The Hall–Kier alpha value is -4.85. The monoisotopic (exact) mass is 524 g/mol. The molecule has 0 radical (unpaired) electrons. The molecule has 2 heterocycles. The molecule has 0 spiro atoms. The third-order valence-electron chi connectivity index (χ3n) is 6.72. The Morgan fingerprint density at radius 2 is 1.77 bits per heavy atom. The number of cyclic esters (lactones) is 1. The maximum atomic E-state index is 13.0. The average molecular weight is 525 g/mol. The molecule has 1 N–H and O–H groups in total. The van der Waals surface area contributed by atoms with Crippen LogP contribution in [0.1, 0.15) is 29.7 Å². The number of hydrogen-bond acceptors (Lipinski definition) is 6. The number of aromatic nitrogens is 1. The number of pyridine rings is 1. The minimum Gasteiger partial charge on any atom is -0.493 e. The van der Waals surface area contributed by atoms with Gasteiger partial charge in [0.05, 0.1) is 26.1 Å². The molecule has 8 heteroatoms. The lowest BCUT2D eigenvalue weighted by atomic mass is 10.0. The number of benzene rings is 3. The van der Waals surface area contributed by atoms with Crippen molar-refractivity contribution in [2.75, 3.05) is 7.11 Å². The minimum absolute atomic E-state index is 0.148. The van der Waals surface area contributed by atoms with Gasteiger partial charge in [-0.15, -0.1) is 0 Å².